The zero-order chi connectivity index (χ0) is 15.2. The molecule has 0 N–H and O–H groups in total. The van der Waals surface area contributed by atoms with Gasteiger partial charge >= 0.3 is 0 Å². The molecule has 3 nitrogen and oxygen atoms in total. The molecular formula is C18H35NO2. The van der Waals surface area contributed by atoms with E-state index in [4.69, 9.17) is 4.74 Å². The zero-order valence-corrected chi connectivity index (χ0v) is 14.1. The normalized spacial score (nSPS) is 15.4. The molecule has 1 aliphatic rings. The third kappa shape index (κ3) is 9.89. The first-order valence-electron chi connectivity index (χ1n) is 9.20. The number of rotatable bonds is 12. The number of morpholine rings is 1. The largest absolute Gasteiger partial charge is 0.378 e. The third-order valence-electron chi connectivity index (χ3n) is 4.36. The summed E-state index contributed by atoms with van der Waals surface area (Å²) in [6.45, 7) is 5.27. The second kappa shape index (κ2) is 13.1. The fraction of sp³-hybridized carbons (Fsp3) is 0.944. The van der Waals surface area contributed by atoms with Gasteiger partial charge in [-0.1, -0.05) is 71.1 Å². The highest BCUT2D eigenvalue weighted by molar-refractivity contribution is 5.76. The van der Waals surface area contributed by atoms with Gasteiger partial charge in [0, 0.05) is 19.5 Å². The van der Waals surface area contributed by atoms with Crippen molar-refractivity contribution in [2.24, 2.45) is 0 Å². The second-order valence-corrected chi connectivity index (χ2v) is 6.28. The minimum atomic E-state index is 0.328. The maximum absolute atomic E-state index is 11.9. The highest BCUT2D eigenvalue weighted by Crippen LogP contribution is 2.12. The lowest BCUT2D eigenvalue weighted by molar-refractivity contribution is -0.135. The molecule has 0 aromatic heterocycles. The van der Waals surface area contributed by atoms with Crippen molar-refractivity contribution >= 4 is 5.91 Å². The van der Waals surface area contributed by atoms with Crippen LogP contribution in [0.1, 0.15) is 84.0 Å². The van der Waals surface area contributed by atoms with Crippen molar-refractivity contribution in [3.8, 4) is 0 Å². The van der Waals surface area contributed by atoms with Crippen LogP contribution in [0.3, 0.4) is 0 Å². The fourth-order valence-corrected chi connectivity index (χ4v) is 2.91. The summed E-state index contributed by atoms with van der Waals surface area (Å²) in [6.07, 6.45) is 15.4. The van der Waals surface area contributed by atoms with Crippen molar-refractivity contribution in [1.82, 2.24) is 4.90 Å². The van der Waals surface area contributed by atoms with Crippen LogP contribution in [-0.4, -0.2) is 37.1 Å². The van der Waals surface area contributed by atoms with E-state index in [-0.39, 0.29) is 0 Å². The van der Waals surface area contributed by atoms with Crippen molar-refractivity contribution in [2.45, 2.75) is 84.0 Å². The minimum Gasteiger partial charge on any atom is -0.378 e. The molecule has 0 atom stereocenters. The summed E-state index contributed by atoms with van der Waals surface area (Å²) in [5.41, 5.74) is 0. The van der Waals surface area contributed by atoms with Gasteiger partial charge in [0.05, 0.1) is 13.2 Å². The summed E-state index contributed by atoms with van der Waals surface area (Å²) in [5, 5.41) is 0. The van der Waals surface area contributed by atoms with Crippen LogP contribution < -0.4 is 0 Å². The Balaban J connectivity index is 1.80. The van der Waals surface area contributed by atoms with Crippen LogP contribution in [0.4, 0.5) is 0 Å². The summed E-state index contributed by atoms with van der Waals surface area (Å²) in [7, 11) is 0. The second-order valence-electron chi connectivity index (χ2n) is 6.28. The lowest BCUT2D eigenvalue weighted by Gasteiger charge is -2.26. The molecule has 1 fully saturated rings. The van der Waals surface area contributed by atoms with E-state index in [1.165, 1.54) is 64.2 Å². The maximum Gasteiger partial charge on any atom is 0.222 e. The number of ether oxygens (including phenoxy) is 1. The number of nitrogens with zero attached hydrogens (tertiary/aromatic N) is 1. The van der Waals surface area contributed by atoms with Gasteiger partial charge in [-0.2, -0.15) is 0 Å². The van der Waals surface area contributed by atoms with Gasteiger partial charge < -0.3 is 9.64 Å². The number of carbonyl (C=O) groups is 1. The molecule has 0 saturated carbocycles. The molecule has 0 unspecified atom stereocenters. The Labute approximate surface area is 131 Å². The summed E-state index contributed by atoms with van der Waals surface area (Å²) in [6, 6.07) is 0. The van der Waals surface area contributed by atoms with Crippen molar-refractivity contribution in [3.05, 3.63) is 0 Å². The Hall–Kier alpha value is -0.570. The Morgan fingerprint density at radius 1 is 0.810 bits per heavy atom. The van der Waals surface area contributed by atoms with E-state index in [2.05, 4.69) is 6.92 Å². The van der Waals surface area contributed by atoms with Crippen LogP contribution >= 0.6 is 0 Å². The Bertz CT molecular complexity index is 250. The molecule has 1 heterocycles. The van der Waals surface area contributed by atoms with Crippen molar-refractivity contribution in [3.63, 3.8) is 0 Å². The summed E-state index contributed by atoms with van der Waals surface area (Å²) in [5.74, 6) is 0.328. The molecule has 3 heteroatoms. The van der Waals surface area contributed by atoms with Crippen molar-refractivity contribution in [1.29, 1.82) is 0 Å². The molecule has 124 valence electrons. The quantitative estimate of drug-likeness (QED) is 0.495. The van der Waals surface area contributed by atoms with Gasteiger partial charge in [0.25, 0.3) is 0 Å². The average Bonchev–Trinajstić information content (AvgIpc) is 2.53. The van der Waals surface area contributed by atoms with Gasteiger partial charge in [-0.15, -0.1) is 0 Å². The summed E-state index contributed by atoms with van der Waals surface area (Å²) >= 11 is 0. The predicted octanol–water partition coefficient (Wildman–Crippen LogP) is 4.55. The lowest BCUT2D eigenvalue weighted by Crippen LogP contribution is -2.40. The Morgan fingerprint density at radius 2 is 1.29 bits per heavy atom. The molecule has 1 amide bonds. The lowest BCUT2D eigenvalue weighted by atomic mass is 10.1. The first-order valence-corrected chi connectivity index (χ1v) is 9.20. The van der Waals surface area contributed by atoms with Crippen LogP contribution in [-0.2, 0) is 9.53 Å². The summed E-state index contributed by atoms with van der Waals surface area (Å²) in [4.78, 5) is 13.9. The standard InChI is InChI=1S/C18H35NO2/c1-2-3-4-5-6-7-8-9-10-11-12-13-18(20)19-14-16-21-17-15-19/h2-17H2,1H3. The maximum atomic E-state index is 11.9. The van der Waals surface area contributed by atoms with Crippen LogP contribution in [0.5, 0.6) is 0 Å². The van der Waals surface area contributed by atoms with Gasteiger partial charge in [-0.3, -0.25) is 4.79 Å². The highest BCUT2D eigenvalue weighted by atomic mass is 16.5. The Kier molecular flexibility index (Phi) is 11.5. The number of unbranched alkanes of at least 4 members (excludes halogenated alkanes) is 10. The van der Waals surface area contributed by atoms with Crippen molar-refractivity contribution < 1.29 is 9.53 Å². The van der Waals surface area contributed by atoms with Gasteiger partial charge in [0.1, 0.15) is 0 Å². The van der Waals surface area contributed by atoms with E-state index in [9.17, 15) is 4.79 Å². The molecular weight excluding hydrogens is 262 g/mol. The molecule has 1 aliphatic heterocycles. The highest BCUT2D eigenvalue weighted by Gasteiger charge is 2.15. The van der Waals surface area contributed by atoms with Crippen LogP contribution in [0, 0.1) is 0 Å². The van der Waals surface area contributed by atoms with E-state index >= 15 is 0 Å². The van der Waals surface area contributed by atoms with Gasteiger partial charge in [0.2, 0.25) is 5.91 Å². The molecule has 21 heavy (non-hydrogen) atoms. The van der Waals surface area contributed by atoms with E-state index in [0.717, 1.165) is 25.9 Å². The fourth-order valence-electron chi connectivity index (χ4n) is 2.91. The average molecular weight is 297 g/mol. The molecule has 0 bridgehead atoms. The molecule has 1 rings (SSSR count). The van der Waals surface area contributed by atoms with Crippen LogP contribution in [0.2, 0.25) is 0 Å². The van der Waals surface area contributed by atoms with E-state index < -0.39 is 0 Å². The molecule has 0 spiro atoms. The number of hydrogen-bond acceptors (Lipinski definition) is 2. The Morgan fingerprint density at radius 3 is 1.81 bits per heavy atom. The van der Waals surface area contributed by atoms with E-state index in [1.54, 1.807) is 0 Å². The van der Waals surface area contributed by atoms with Crippen molar-refractivity contribution in [2.75, 3.05) is 26.3 Å². The number of carbonyl (C=O) groups excluding carboxylic acids is 1. The molecule has 0 aromatic carbocycles. The van der Waals surface area contributed by atoms with E-state index in [0.29, 0.717) is 19.1 Å². The molecule has 1 saturated heterocycles. The molecule has 0 aromatic rings. The smallest absolute Gasteiger partial charge is 0.222 e. The van der Waals surface area contributed by atoms with E-state index in [1.807, 2.05) is 4.90 Å². The summed E-state index contributed by atoms with van der Waals surface area (Å²) < 4.78 is 5.27. The zero-order valence-electron chi connectivity index (χ0n) is 14.1. The van der Waals surface area contributed by atoms with Crippen LogP contribution in [0.15, 0.2) is 0 Å². The predicted molar refractivity (Wildman–Crippen MR) is 88.5 cm³/mol. The van der Waals surface area contributed by atoms with Gasteiger partial charge in [-0.25, -0.2) is 0 Å². The molecule has 0 aliphatic carbocycles. The van der Waals surface area contributed by atoms with Gasteiger partial charge in [-0.05, 0) is 6.42 Å². The van der Waals surface area contributed by atoms with Gasteiger partial charge in [0.15, 0.2) is 0 Å². The molecule has 0 radical (unpaired) electrons. The first kappa shape index (κ1) is 18.5. The minimum absolute atomic E-state index is 0.328. The SMILES string of the molecule is CCCCCCCCCCCCCC(=O)N1CCOCC1. The monoisotopic (exact) mass is 297 g/mol. The van der Waals surface area contributed by atoms with Crippen LogP contribution in [0.25, 0.3) is 0 Å². The number of amides is 1. The first-order chi connectivity index (χ1) is 10.3. The third-order valence-corrected chi connectivity index (χ3v) is 4.36. The topological polar surface area (TPSA) is 29.5 Å². The number of hydrogen-bond donors (Lipinski definition) is 0.